The summed E-state index contributed by atoms with van der Waals surface area (Å²) in [5.74, 6) is 2.57. The predicted molar refractivity (Wildman–Crippen MR) is 80.2 cm³/mol. The second kappa shape index (κ2) is 7.31. The van der Waals surface area contributed by atoms with Gasteiger partial charge < -0.3 is 14.0 Å². The van der Waals surface area contributed by atoms with E-state index in [1.165, 1.54) is 0 Å². The maximum absolute atomic E-state index is 5.32. The number of thioether (sulfide) groups is 1. The molecule has 6 heteroatoms. The second-order valence-corrected chi connectivity index (χ2v) is 5.20. The fraction of sp³-hybridized carbons (Fsp3) is 0.429. The van der Waals surface area contributed by atoms with Crippen LogP contribution in [0.15, 0.2) is 29.4 Å². The molecule has 0 saturated heterocycles. The SMILES string of the molecule is CCOCCSc1nnc(-c2ccc(OC)cc2)n1C. The lowest BCUT2D eigenvalue weighted by molar-refractivity contribution is 0.164. The molecule has 1 aromatic heterocycles. The topological polar surface area (TPSA) is 49.2 Å². The molecular weight excluding hydrogens is 274 g/mol. The van der Waals surface area contributed by atoms with Gasteiger partial charge in [-0.3, -0.25) is 0 Å². The van der Waals surface area contributed by atoms with Crippen molar-refractivity contribution in [2.24, 2.45) is 7.05 Å². The summed E-state index contributed by atoms with van der Waals surface area (Å²) >= 11 is 1.65. The Morgan fingerprint density at radius 1 is 1.20 bits per heavy atom. The summed E-state index contributed by atoms with van der Waals surface area (Å²) in [7, 11) is 3.63. The van der Waals surface area contributed by atoms with E-state index in [1.807, 2.05) is 42.8 Å². The molecule has 108 valence electrons. The normalized spacial score (nSPS) is 10.8. The van der Waals surface area contributed by atoms with E-state index in [-0.39, 0.29) is 0 Å². The molecule has 0 spiro atoms. The molecule has 0 unspecified atom stereocenters. The monoisotopic (exact) mass is 293 g/mol. The Bertz CT molecular complexity index is 540. The van der Waals surface area contributed by atoms with Crippen LogP contribution < -0.4 is 4.74 Å². The molecule has 0 aliphatic heterocycles. The molecule has 2 rings (SSSR count). The van der Waals surface area contributed by atoms with Crippen LogP contribution in [0.5, 0.6) is 5.75 Å². The summed E-state index contributed by atoms with van der Waals surface area (Å²) in [6.07, 6.45) is 0. The van der Waals surface area contributed by atoms with Crippen LogP contribution >= 0.6 is 11.8 Å². The van der Waals surface area contributed by atoms with Crippen LogP contribution in [0.1, 0.15) is 6.92 Å². The van der Waals surface area contributed by atoms with Gasteiger partial charge in [0.25, 0.3) is 0 Å². The number of hydrogen-bond acceptors (Lipinski definition) is 5. The van der Waals surface area contributed by atoms with Crippen LogP contribution in [-0.4, -0.2) is 40.8 Å². The summed E-state index contributed by atoms with van der Waals surface area (Å²) in [4.78, 5) is 0. The fourth-order valence-corrected chi connectivity index (χ4v) is 2.53. The fourth-order valence-electron chi connectivity index (χ4n) is 1.77. The highest BCUT2D eigenvalue weighted by Gasteiger charge is 2.11. The first-order chi connectivity index (χ1) is 9.76. The van der Waals surface area contributed by atoms with Gasteiger partial charge in [-0.25, -0.2) is 0 Å². The van der Waals surface area contributed by atoms with Crippen LogP contribution in [0.4, 0.5) is 0 Å². The van der Waals surface area contributed by atoms with Gasteiger partial charge >= 0.3 is 0 Å². The molecule has 2 aromatic rings. The zero-order valence-electron chi connectivity index (χ0n) is 12.0. The maximum atomic E-state index is 5.32. The first kappa shape index (κ1) is 14.9. The van der Waals surface area contributed by atoms with Crippen LogP contribution in [0.2, 0.25) is 0 Å². The van der Waals surface area contributed by atoms with Crippen molar-refractivity contribution in [1.29, 1.82) is 0 Å². The molecule has 0 bridgehead atoms. The minimum absolute atomic E-state index is 0.728. The van der Waals surface area contributed by atoms with E-state index in [0.29, 0.717) is 0 Å². The van der Waals surface area contributed by atoms with Gasteiger partial charge in [0.2, 0.25) is 0 Å². The number of ether oxygens (including phenoxy) is 2. The van der Waals surface area contributed by atoms with Gasteiger partial charge in [0, 0.05) is 25.0 Å². The van der Waals surface area contributed by atoms with E-state index < -0.39 is 0 Å². The third kappa shape index (κ3) is 3.52. The lowest BCUT2D eigenvalue weighted by Gasteiger charge is -2.05. The van der Waals surface area contributed by atoms with Gasteiger partial charge in [-0.2, -0.15) is 0 Å². The molecule has 0 amide bonds. The van der Waals surface area contributed by atoms with Crippen molar-refractivity contribution in [3.05, 3.63) is 24.3 Å². The Hall–Kier alpha value is -1.53. The van der Waals surface area contributed by atoms with E-state index in [0.717, 1.165) is 41.3 Å². The lowest BCUT2D eigenvalue weighted by atomic mass is 10.2. The predicted octanol–water partition coefficient (Wildman–Crippen LogP) is 2.62. The Morgan fingerprint density at radius 3 is 2.60 bits per heavy atom. The molecule has 0 aliphatic rings. The average molecular weight is 293 g/mol. The first-order valence-electron chi connectivity index (χ1n) is 6.50. The van der Waals surface area contributed by atoms with Gasteiger partial charge in [0.05, 0.1) is 13.7 Å². The van der Waals surface area contributed by atoms with Crippen LogP contribution in [-0.2, 0) is 11.8 Å². The van der Waals surface area contributed by atoms with Crippen molar-refractivity contribution >= 4 is 11.8 Å². The Labute approximate surface area is 123 Å². The summed E-state index contributed by atoms with van der Waals surface area (Å²) in [6, 6.07) is 7.81. The first-order valence-corrected chi connectivity index (χ1v) is 7.49. The summed E-state index contributed by atoms with van der Waals surface area (Å²) in [6.45, 7) is 3.47. The van der Waals surface area contributed by atoms with Gasteiger partial charge in [0.1, 0.15) is 5.75 Å². The molecule has 0 radical (unpaired) electrons. The van der Waals surface area contributed by atoms with Crippen molar-refractivity contribution < 1.29 is 9.47 Å². The summed E-state index contributed by atoms with van der Waals surface area (Å²) in [5.41, 5.74) is 1.03. The Kier molecular flexibility index (Phi) is 5.43. The van der Waals surface area contributed by atoms with Gasteiger partial charge in [-0.15, -0.1) is 10.2 Å². The van der Waals surface area contributed by atoms with E-state index in [9.17, 15) is 0 Å². The van der Waals surface area contributed by atoms with Crippen LogP contribution in [0, 0.1) is 0 Å². The zero-order valence-corrected chi connectivity index (χ0v) is 12.8. The minimum atomic E-state index is 0.728. The van der Waals surface area contributed by atoms with E-state index in [4.69, 9.17) is 9.47 Å². The molecule has 0 N–H and O–H groups in total. The summed E-state index contributed by atoms with van der Waals surface area (Å²) < 4.78 is 12.5. The highest BCUT2D eigenvalue weighted by Crippen LogP contribution is 2.24. The largest absolute Gasteiger partial charge is 0.497 e. The van der Waals surface area contributed by atoms with Crippen molar-refractivity contribution in [1.82, 2.24) is 14.8 Å². The standard InChI is InChI=1S/C14H19N3O2S/c1-4-19-9-10-20-14-16-15-13(17(14)2)11-5-7-12(18-3)8-6-11/h5-8H,4,9-10H2,1-3H3. The number of hydrogen-bond donors (Lipinski definition) is 0. The molecule has 1 aromatic carbocycles. The number of rotatable bonds is 7. The van der Waals surface area contributed by atoms with E-state index >= 15 is 0 Å². The van der Waals surface area contributed by atoms with Crippen molar-refractivity contribution in [2.45, 2.75) is 12.1 Å². The lowest BCUT2D eigenvalue weighted by Crippen LogP contribution is -1.99. The Morgan fingerprint density at radius 2 is 1.95 bits per heavy atom. The highest BCUT2D eigenvalue weighted by molar-refractivity contribution is 7.99. The molecule has 1 heterocycles. The van der Waals surface area contributed by atoms with Gasteiger partial charge in [-0.1, -0.05) is 11.8 Å². The smallest absolute Gasteiger partial charge is 0.191 e. The molecular formula is C14H19N3O2S. The molecule has 0 aliphatic carbocycles. The minimum Gasteiger partial charge on any atom is -0.497 e. The molecule has 20 heavy (non-hydrogen) atoms. The van der Waals surface area contributed by atoms with E-state index in [2.05, 4.69) is 10.2 Å². The Balaban J connectivity index is 2.07. The number of nitrogens with zero attached hydrogens (tertiary/aromatic N) is 3. The van der Waals surface area contributed by atoms with E-state index in [1.54, 1.807) is 18.9 Å². The highest BCUT2D eigenvalue weighted by atomic mass is 32.2. The number of methoxy groups -OCH3 is 1. The quantitative estimate of drug-likeness (QED) is 0.580. The average Bonchev–Trinajstić information content (AvgIpc) is 2.85. The zero-order chi connectivity index (χ0) is 14.4. The van der Waals surface area contributed by atoms with Crippen LogP contribution in [0.25, 0.3) is 11.4 Å². The molecule has 0 fully saturated rings. The molecule has 5 nitrogen and oxygen atoms in total. The van der Waals surface area contributed by atoms with Crippen molar-refractivity contribution in [3.8, 4) is 17.1 Å². The number of benzene rings is 1. The van der Waals surface area contributed by atoms with Crippen LogP contribution in [0.3, 0.4) is 0 Å². The van der Waals surface area contributed by atoms with Gasteiger partial charge in [-0.05, 0) is 31.2 Å². The summed E-state index contributed by atoms with van der Waals surface area (Å²) in [5, 5.41) is 9.37. The van der Waals surface area contributed by atoms with Gasteiger partial charge in [0.15, 0.2) is 11.0 Å². The third-order valence-corrected chi connectivity index (χ3v) is 3.83. The number of aromatic nitrogens is 3. The second-order valence-electron chi connectivity index (χ2n) is 4.14. The van der Waals surface area contributed by atoms with Crippen molar-refractivity contribution in [2.75, 3.05) is 26.1 Å². The van der Waals surface area contributed by atoms with Crippen molar-refractivity contribution in [3.63, 3.8) is 0 Å². The third-order valence-electron chi connectivity index (χ3n) is 2.85. The molecule has 0 saturated carbocycles. The maximum Gasteiger partial charge on any atom is 0.191 e. The molecule has 0 atom stereocenters.